The van der Waals surface area contributed by atoms with E-state index >= 15 is 0 Å². The zero-order valence-corrected chi connectivity index (χ0v) is 15.0. The molecule has 1 saturated heterocycles. The summed E-state index contributed by atoms with van der Waals surface area (Å²) < 4.78 is 13.4. The van der Waals surface area contributed by atoms with Gasteiger partial charge in [-0.1, -0.05) is 17.7 Å². The minimum atomic E-state index is -0.375. The lowest BCUT2D eigenvalue weighted by Crippen LogP contribution is -2.32. The SMILES string of the molecule is CC(c1ccc(F)c(Cl)c1)N1CCCN(c2ccc(C#N)cc2)CC1. The minimum absolute atomic E-state index is 0.179. The molecule has 1 aliphatic rings. The maximum atomic E-state index is 13.4. The van der Waals surface area contributed by atoms with Crippen molar-refractivity contribution in [3.63, 3.8) is 0 Å². The van der Waals surface area contributed by atoms with Crippen molar-refractivity contribution in [1.29, 1.82) is 5.26 Å². The molecule has 2 aromatic carbocycles. The first-order chi connectivity index (χ1) is 12.1. The van der Waals surface area contributed by atoms with Crippen LogP contribution in [0.5, 0.6) is 0 Å². The number of anilines is 1. The Balaban J connectivity index is 1.68. The van der Waals surface area contributed by atoms with Crippen LogP contribution in [0.2, 0.25) is 5.02 Å². The van der Waals surface area contributed by atoms with E-state index in [4.69, 9.17) is 16.9 Å². The molecule has 25 heavy (non-hydrogen) atoms. The third kappa shape index (κ3) is 4.12. The second-order valence-corrected chi connectivity index (χ2v) is 6.79. The molecule has 0 radical (unpaired) electrons. The molecular formula is C20H21ClFN3. The van der Waals surface area contributed by atoms with Crippen molar-refractivity contribution in [3.8, 4) is 6.07 Å². The molecule has 0 aliphatic carbocycles. The summed E-state index contributed by atoms with van der Waals surface area (Å²) >= 11 is 5.93. The highest BCUT2D eigenvalue weighted by Crippen LogP contribution is 2.26. The third-order valence-corrected chi connectivity index (χ3v) is 5.16. The number of hydrogen-bond acceptors (Lipinski definition) is 3. The molecule has 3 rings (SSSR count). The highest BCUT2D eigenvalue weighted by atomic mass is 35.5. The van der Waals surface area contributed by atoms with Crippen LogP contribution in [0.15, 0.2) is 42.5 Å². The molecule has 0 N–H and O–H groups in total. The quantitative estimate of drug-likeness (QED) is 0.802. The van der Waals surface area contributed by atoms with E-state index in [2.05, 4.69) is 22.8 Å². The Hall–Kier alpha value is -2.09. The van der Waals surface area contributed by atoms with Gasteiger partial charge in [-0.05, 0) is 55.3 Å². The molecule has 1 aliphatic heterocycles. The summed E-state index contributed by atoms with van der Waals surface area (Å²) in [5.74, 6) is -0.375. The van der Waals surface area contributed by atoms with Gasteiger partial charge < -0.3 is 4.90 Å². The van der Waals surface area contributed by atoms with E-state index in [0.717, 1.165) is 43.9 Å². The Bertz CT molecular complexity index is 770. The van der Waals surface area contributed by atoms with E-state index < -0.39 is 0 Å². The number of nitrogens with zero attached hydrogens (tertiary/aromatic N) is 3. The highest BCUT2D eigenvalue weighted by Gasteiger charge is 2.21. The molecule has 0 bridgehead atoms. The van der Waals surface area contributed by atoms with E-state index in [0.29, 0.717) is 5.56 Å². The van der Waals surface area contributed by atoms with Crippen LogP contribution in [0.4, 0.5) is 10.1 Å². The normalized spacial score (nSPS) is 17.0. The van der Waals surface area contributed by atoms with Gasteiger partial charge in [-0.2, -0.15) is 5.26 Å². The number of nitriles is 1. The van der Waals surface area contributed by atoms with Crippen LogP contribution >= 0.6 is 11.6 Å². The molecule has 0 aromatic heterocycles. The number of halogens is 2. The lowest BCUT2D eigenvalue weighted by molar-refractivity contribution is 0.226. The van der Waals surface area contributed by atoms with Gasteiger partial charge in [0.25, 0.3) is 0 Å². The molecule has 1 heterocycles. The molecule has 5 heteroatoms. The Morgan fingerprint density at radius 3 is 2.52 bits per heavy atom. The first-order valence-electron chi connectivity index (χ1n) is 8.52. The standard InChI is InChI=1S/C20H21ClFN3/c1-15(17-5-8-20(22)19(21)13-17)24-9-2-10-25(12-11-24)18-6-3-16(14-23)4-7-18/h3-8,13,15H,2,9-12H2,1H3. The molecule has 3 nitrogen and oxygen atoms in total. The van der Waals surface area contributed by atoms with Gasteiger partial charge in [0.15, 0.2) is 0 Å². The lowest BCUT2D eigenvalue weighted by atomic mass is 10.1. The van der Waals surface area contributed by atoms with Crippen molar-refractivity contribution in [3.05, 3.63) is 64.4 Å². The Kier molecular flexibility index (Phi) is 5.57. The predicted octanol–water partition coefficient (Wildman–Crippen LogP) is 4.62. The van der Waals surface area contributed by atoms with Crippen molar-refractivity contribution in [2.24, 2.45) is 0 Å². The summed E-state index contributed by atoms with van der Waals surface area (Å²) in [4.78, 5) is 4.76. The molecule has 2 aromatic rings. The smallest absolute Gasteiger partial charge is 0.141 e. The van der Waals surface area contributed by atoms with Crippen molar-refractivity contribution in [1.82, 2.24) is 4.90 Å². The van der Waals surface area contributed by atoms with Crippen molar-refractivity contribution in [2.45, 2.75) is 19.4 Å². The highest BCUT2D eigenvalue weighted by molar-refractivity contribution is 6.30. The van der Waals surface area contributed by atoms with Crippen LogP contribution in [-0.2, 0) is 0 Å². The van der Waals surface area contributed by atoms with Crippen LogP contribution < -0.4 is 4.90 Å². The summed E-state index contributed by atoms with van der Waals surface area (Å²) in [5.41, 5.74) is 2.87. The van der Waals surface area contributed by atoms with E-state index in [1.807, 2.05) is 30.3 Å². The Morgan fingerprint density at radius 1 is 1.08 bits per heavy atom. The monoisotopic (exact) mass is 357 g/mol. The summed E-state index contributed by atoms with van der Waals surface area (Å²) in [6.45, 7) is 5.96. The van der Waals surface area contributed by atoms with Gasteiger partial charge in [-0.3, -0.25) is 4.90 Å². The van der Waals surface area contributed by atoms with Gasteiger partial charge in [0.2, 0.25) is 0 Å². The number of hydrogen-bond donors (Lipinski definition) is 0. The molecule has 130 valence electrons. The molecule has 1 unspecified atom stereocenters. The fourth-order valence-electron chi connectivity index (χ4n) is 3.31. The van der Waals surface area contributed by atoms with Gasteiger partial charge in [-0.15, -0.1) is 0 Å². The maximum absolute atomic E-state index is 13.4. The van der Waals surface area contributed by atoms with Crippen molar-refractivity contribution >= 4 is 17.3 Å². The number of benzene rings is 2. The predicted molar refractivity (Wildman–Crippen MR) is 99.4 cm³/mol. The Morgan fingerprint density at radius 2 is 1.84 bits per heavy atom. The van der Waals surface area contributed by atoms with Crippen LogP contribution in [0.25, 0.3) is 0 Å². The summed E-state index contributed by atoms with van der Waals surface area (Å²) in [5, 5.41) is 9.10. The average molecular weight is 358 g/mol. The van der Waals surface area contributed by atoms with E-state index in [-0.39, 0.29) is 16.9 Å². The fraction of sp³-hybridized carbons (Fsp3) is 0.350. The van der Waals surface area contributed by atoms with Crippen molar-refractivity contribution < 1.29 is 4.39 Å². The number of rotatable bonds is 3. The molecule has 0 spiro atoms. The first-order valence-corrected chi connectivity index (χ1v) is 8.90. The van der Waals surface area contributed by atoms with Gasteiger partial charge in [-0.25, -0.2) is 4.39 Å². The lowest BCUT2D eigenvalue weighted by Gasteiger charge is -2.28. The molecule has 0 saturated carbocycles. The molecule has 1 atom stereocenters. The second-order valence-electron chi connectivity index (χ2n) is 6.38. The third-order valence-electron chi connectivity index (χ3n) is 4.87. The van der Waals surface area contributed by atoms with Crippen LogP contribution in [-0.4, -0.2) is 31.1 Å². The van der Waals surface area contributed by atoms with Crippen LogP contribution in [0.1, 0.15) is 30.5 Å². The maximum Gasteiger partial charge on any atom is 0.141 e. The zero-order chi connectivity index (χ0) is 17.8. The van der Waals surface area contributed by atoms with Crippen LogP contribution in [0.3, 0.4) is 0 Å². The largest absolute Gasteiger partial charge is 0.370 e. The van der Waals surface area contributed by atoms with E-state index in [9.17, 15) is 4.39 Å². The minimum Gasteiger partial charge on any atom is -0.370 e. The molecular weight excluding hydrogens is 337 g/mol. The average Bonchev–Trinajstić information content (AvgIpc) is 2.89. The zero-order valence-electron chi connectivity index (χ0n) is 14.3. The first kappa shape index (κ1) is 17.7. The van der Waals surface area contributed by atoms with Crippen molar-refractivity contribution in [2.75, 3.05) is 31.1 Å². The topological polar surface area (TPSA) is 30.3 Å². The molecule has 0 amide bonds. The van der Waals surface area contributed by atoms with E-state index in [1.165, 1.54) is 6.07 Å². The van der Waals surface area contributed by atoms with E-state index in [1.54, 1.807) is 6.07 Å². The van der Waals surface area contributed by atoms with Crippen LogP contribution in [0, 0.1) is 17.1 Å². The van der Waals surface area contributed by atoms with Gasteiger partial charge in [0, 0.05) is 37.9 Å². The Labute approximate surface area is 153 Å². The molecule has 1 fully saturated rings. The van der Waals surface area contributed by atoms with Gasteiger partial charge in [0.05, 0.1) is 16.7 Å². The summed E-state index contributed by atoms with van der Waals surface area (Å²) in [6, 6.07) is 15.1. The van der Waals surface area contributed by atoms with Gasteiger partial charge in [0.1, 0.15) is 5.82 Å². The van der Waals surface area contributed by atoms with Gasteiger partial charge >= 0.3 is 0 Å². The second kappa shape index (κ2) is 7.86. The fourth-order valence-corrected chi connectivity index (χ4v) is 3.50. The summed E-state index contributed by atoms with van der Waals surface area (Å²) in [7, 11) is 0. The summed E-state index contributed by atoms with van der Waals surface area (Å²) in [6.07, 6.45) is 1.05.